The van der Waals surface area contributed by atoms with Gasteiger partial charge in [0.15, 0.2) is 12.0 Å². The molecule has 0 bridgehead atoms. The van der Waals surface area contributed by atoms with Gasteiger partial charge in [-0.05, 0) is 31.2 Å². The summed E-state index contributed by atoms with van der Waals surface area (Å²) in [5.74, 6) is 1.50. The van der Waals surface area contributed by atoms with Crippen LogP contribution < -0.4 is 4.90 Å². The fraction of sp³-hybridized carbons (Fsp3) is 0.133. The highest BCUT2D eigenvalue weighted by molar-refractivity contribution is 6.20. The molecule has 0 aliphatic carbocycles. The van der Waals surface area contributed by atoms with Crippen molar-refractivity contribution in [2.24, 2.45) is 4.99 Å². The Hall–Kier alpha value is -2.69. The van der Waals surface area contributed by atoms with E-state index in [9.17, 15) is 9.59 Å². The average Bonchev–Trinajstić information content (AvgIpc) is 3.06. The number of hydrogen-bond donors (Lipinski definition) is 0. The number of benzene rings is 1. The van der Waals surface area contributed by atoms with Crippen LogP contribution in [0.4, 0.5) is 5.69 Å². The Morgan fingerprint density at radius 2 is 2.15 bits per heavy atom. The third-order valence-corrected chi connectivity index (χ3v) is 3.15. The van der Waals surface area contributed by atoms with Crippen molar-refractivity contribution in [1.82, 2.24) is 0 Å². The molecular formula is C15H12N2O3. The molecule has 0 atom stereocenters. The van der Waals surface area contributed by atoms with Gasteiger partial charge in [-0.15, -0.1) is 0 Å². The summed E-state index contributed by atoms with van der Waals surface area (Å²) in [5, 5.41) is 0. The van der Waals surface area contributed by atoms with E-state index in [0.29, 0.717) is 17.9 Å². The number of aliphatic imine (C=N–C) groups is 1. The lowest BCUT2D eigenvalue weighted by molar-refractivity contribution is -0.115. The van der Waals surface area contributed by atoms with Gasteiger partial charge >= 0.3 is 0 Å². The number of amides is 1. The summed E-state index contributed by atoms with van der Waals surface area (Å²) in [6.07, 6.45) is 0.661. The van der Waals surface area contributed by atoms with Crippen molar-refractivity contribution in [2.45, 2.75) is 6.92 Å². The van der Waals surface area contributed by atoms with Crippen LogP contribution >= 0.6 is 0 Å². The van der Waals surface area contributed by atoms with Crippen molar-refractivity contribution >= 4 is 23.7 Å². The Balaban J connectivity index is 1.99. The van der Waals surface area contributed by atoms with E-state index in [0.717, 1.165) is 11.3 Å². The molecule has 0 spiro atoms. The molecule has 5 heteroatoms. The lowest BCUT2D eigenvalue weighted by atomic mass is 10.1. The molecule has 20 heavy (non-hydrogen) atoms. The molecule has 1 aromatic heterocycles. The molecule has 1 aliphatic rings. The molecule has 2 aromatic rings. The highest BCUT2D eigenvalue weighted by Gasteiger charge is 2.24. The van der Waals surface area contributed by atoms with Crippen molar-refractivity contribution in [3.8, 4) is 11.3 Å². The van der Waals surface area contributed by atoms with Gasteiger partial charge < -0.3 is 4.42 Å². The number of hydrogen-bond acceptors (Lipinski definition) is 4. The molecule has 0 unspecified atom stereocenters. The summed E-state index contributed by atoms with van der Waals surface area (Å²) >= 11 is 0. The van der Waals surface area contributed by atoms with Crippen LogP contribution in [0.15, 0.2) is 45.8 Å². The van der Waals surface area contributed by atoms with Crippen LogP contribution in [0.25, 0.3) is 11.3 Å². The molecule has 2 heterocycles. The zero-order chi connectivity index (χ0) is 14.1. The van der Waals surface area contributed by atoms with Crippen molar-refractivity contribution in [3.63, 3.8) is 0 Å². The van der Waals surface area contributed by atoms with E-state index in [2.05, 4.69) is 4.99 Å². The molecule has 0 N–H and O–H groups in total. The highest BCUT2D eigenvalue weighted by Crippen LogP contribution is 2.27. The van der Waals surface area contributed by atoms with Crippen molar-refractivity contribution in [2.75, 3.05) is 11.4 Å². The minimum absolute atomic E-state index is 0.0484. The van der Waals surface area contributed by atoms with Gasteiger partial charge in [0.1, 0.15) is 18.1 Å². The number of carbonyl (C=O) groups excluding carboxylic acids is 2. The molecule has 3 rings (SSSR count). The van der Waals surface area contributed by atoms with Crippen LogP contribution in [0, 0.1) is 0 Å². The maximum Gasteiger partial charge on any atom is 0.254 e. The summed E-state index contributed by atoms with van der Waals surface area (Å²) < 4.78 is 5.39. The lowest BCUT2D eigenvalue weighted by Gasteiger charge is -2.16. The third-order valence-electron chi connectivity index (χ3n) is 3.15. The van der Waals surface area contributed by atoms with Crippen LogP contribution in [-0.4, -0.2) is 24.6 Å². The van der Waals surface area contributed by atoms with Gasteiger partial charge in [-0.1, -0.05) is 12.1 Å². The predicted octanol–water partition coefficient (Wildman–Crippen LogP) is 2.52. The summed E-state index contributed by atoms with van der Waals surface area (Å²) in [5.41, 5.74) is 1.55. The first-order valence-corrected chi connectivity index (χ1v) is 6.18. The Labute approximate surface area is 115 Å². The first kappa shape index (κ1) is 12.3. The molecule has 1 aliphatic heterocycles. The van der Waals surface area contributed by atoms with Crippen LogP contribution in [0.5, 0.6) is 0 Å². The smallest absolute Gasteiger partial charge is 0.254 e. The molecule has 1 amide bonds. The van der Waals surface area contributed by atoms with E-state index < -0.39 is 0 Å². The van der Waals surface area contributed by atoms with Crippen LogP contribution in [0.3, 0.4) is 0 Å². The maximum atomic E-state index is 11.8. The molecule has 100 valence electrons. The second-order valence-corrected chi connectivity index (χ2v) is 4.46. The van der Waals surface area contributed by atoms with Crippen LogP contribution in [-0.2, 0) is 4.79 Å². The van der Waals surface area contributed by atoms with E-state index in [1.807, 2.05) is 24.3 Å². The molecule has 1 aromatic carbocycles. The number of nitrogens with zero attached hydrogens (tertiary/aromatic N) is 2. The summed E-state index contributed by atoms with van der Waals surface area (Å²) in [4.78, 5) is 28.2. The molecule has 0 fully saturated rings. The van der Waals surface area contributed by atoms with Gasteiger partial charge in [0.2, 0.25) is 0 Å². The van der Waals surface area contributed by atoms with Gasteiger partial charge in [-0.3, -0.25) is 19.5 Å². The van der Waals surface area contributed by atoms with Gasteiger partial charge in [-0.2, -0.15) is 0 Å². The average molecular weight is 268 g/mol. The minimum atomic E-state index is -0.0484. The first-order valence-electron chi connectivity index (χ1n) is 6.18. The monoisotopic (exact) mass is 268 g/mol. The number of amidine groups is 1. The molecular weight excluding hydrogens is 256 g/mol. The Morgan fingerprint density at radius 3 is 2.80 bits per heavy atom. The summed E-state index contributed by atoms with van der Waals surface area (Å²) in [6.45, 7) is 1.99. The van der Waals surface area contributed by atoms with Crippen molar-refractivity contribution < 1.29 is 14.0 Å². The van der Waals surface area contributed by atoms with E-state index in [1.54, 1.807) is 24.0 Å². The SMILES string of the molecule is CC1=NCC(=O)N1c1cccc(-c2ccc(C=O)o2)c1. The van der Waals surface area contributed by atoms with Gasteiger partial charge in [0, 0.05) is 5.56 Å². The van der Waals surface area contributed by atoms with E-state index in [1.165, 1.54) is 0 Å². The summed E-state index contributed by atoms with van der Waals surface area (Å²) in [6, 6.07) is 10.7. The number of carbonyl (C=O) groups is 2. The fourth-order valence-corrected chi connectivity index (χ4v) is 2.20. The standard InChI is InChI=1S/C15H12N2O3/c1-10-16-8-15(19)17(10)12-4-2-3-11(7-12)14-6-5-13(9-18)20-14/h2-7,9H,8H2,1H3. The number of rotatable bonds is 3. The zero-order valence-corrected chi connectivity index (χ0v) is 10.9. The molecule has 5 nitrogen and oxygen atoms in total. The second-order valence-electron chi connectivity index (χ2n) is 4.46. The third kappa shape index (κ3) is 2.03. The fourth-order valence-electron chi connectivity index (χ4n) is 2.20. The molecule has 0 saturated heterocycles. The number of aldehydes is 1. The molecule has 0 radical (unpaired) electrons. The Morgan fingerprint density at radius 1 is 1.30 bits per heavy atom. The van der Waals surface area contributed by atoms with Crippen LogP contribution in [0.1, 0.15) is 17.5 Å². The van der Waals surface area contributed by atoms with Gasteiger partial charge in [0.25, 0.3) is 5.91 Å². The first-order chi connectivity index (χ1) is 9.69. The normalized spacial score (nSPS) is 14.6. The Bertz CT molecular complexity index is 715. The van der Waals surface area contributed by atoms with E-state index in [4.69, 9.17) is 4.42 Å². The van der Waals surface area contributed by atoms with Crippen LogP contribution in [0.2, 0.25) is 0 Å². The molecule has 0 saturated carbocycles. The summed E-state index contributed by atoms with van der Waals surface area (Å²) in [7, 11) is 0. The van der Waals surface area contributed by atoms with Gasteiger partial charge in [-0.25, -0.2) is 0 Å². The van der Waals surface area contributed by atoms with Gasteiger partial charge in [0.05, 0.1) is 5.69 Å². The Kier molecular flexibility index (Phi) is 2.95. The highest BCUT2D eigenvalue weighted by atomic mass is 16.3. The lowest BCUT2D eigenvalue weighted by Crippen LogP contribution is -2.30. The van der Waals surface area contributed by atoms with E-state index in [-0.39, 0.29) is 18.2 Å². The van der Waals surface area contributed by atoms with Crippen molar-refractivity contribution in [1.29, 1.82) is 0 Å². The quantitative estimate of drug-likeness (QED) is 0.803. The van der Waals surface area contributed by atoms with E-state index >= 15 is 0 Å². The maximum absolute atomic E-state index is 11.8. The predicted molar refractivity (Wildman–Crippen MR) is 75.0 cm³/mol. The number of furan rings is 1. The zero-order valence-electron chi connectivity index (χ0n) is 10.9. The second kappa shape index (κ2) is 4.77. The van der Waals surface area contributed by atoms with Crippen molar-refractivity contribution in [3.05, 3.63) is 42.2 Å². The number of anilines is 1. The minimum Gasteiger partial charge on any atom is -0.453 e. The topological polar surface area (TPSA) is 62.9 Å². The largest absolute Gasteiger partial charge is 0.453 e.